The van der Waals surface area contributed by atoms with Crippen molar-refractivity contribution in [3.05, 3.63) is 91.5 Å². The van der Waals surface area contributed by atoms with E-state index < -0.39 is 0 Å². The normalized spacial score (nSPS) is 12.1. The Bertz CT molecular complexity index is 1190. The highest BCUT2D eigenvalue weighted by Gasteiger charge is 2.24. The van der Waals surface area contributed by atoms with Gasteiger partial charge in [0.1, 0.15) is 0 Å². The molecule has 0 fully saturated rings. The minimum atomic E-state index is 0.425. The molecule has 0 aliphatic rings. The minimum absolute atomic E-state index is 0.425. The van der Waals surface area contributed by atoms with E-state index in [2.05, 4.69) is 123 Å². The summed E-state index contributed by atoms with van der Waals surface area (Å²) in [5.74, 6) is 0.425. The van der Waals surface area contributed by atoms with Gasteiger partial charge in [0, 0.05) is 24.5 Å². The Hall–Kier alpha value is -2.74. The van der Waals surface area contributed by atoms with Gasteiger partial charge in [-0.3, -0.25) is 0 Å². The Kier molecular flexibility index (Phi) is 9.16. The van der Waals surface area contributed by atoms with Crippen LogP contribution in [0.2, 0.25) is 0 Å². The van der Waals surface area contributed by atoms with E-state index in [9.17, 15) is 0 Å². The van der Waals surface area contributed by atoms with Crippen LogP contribution in [-0.4, -0.2) is 19.8 Å². The number of hydrogen-bond donors (Lipinski definition) is 0. The second-order valence-electron chi connectivity index (χ2n) is 11.4. The van der Waals surface area contributed by atoms with Crippen LogP contribution in [0.15, 0.2) is 30.3 Å². The van der Waals surface area contributed by atoms with Crippen LogP contribution in [-0.2, 0) is 0 Å². The monoisotopic (exact) mass is 498 g/mol. The summed E-state index contributed by atoms with van der Waals surface area (Å²) in [6.45, 7) is 30.6. The second-order valence-corrected chi connectivity index (χ2v) is 11.4. The Morgan fingerprint density at radius 1 is 0.541 bits per heavy atom. The average Bonchev–Trinajstić information content (AvgIpc) is 2.89. The highest BCUT2D eigenvalue weighted by molar-refractivity contribution is 5.70. The third kappa shape index (κ3) is 5.59. The zero-order valence-corrected chi connectivity index (χ0v) is 25.7. The van der Waals surface area contributed by atoms with Crippen LogP contribution >= 0.6 is 0 Å². The molecule has 3 aromatic rings. The lowest BCUT2D eigenvalue weighted by atomic mass is 9.91. The first-order valence-corrected chi connectivity index (χ1v) is 14.1. The van der Waals surface area contributed by atoms with Gasteiger partial charge in [-0.1, -0.05) is 44.2 Å². The molecule has 0 radical (unpaired) electrons. The molecule has 0 amide bonds. The summed E-state index contributed by atoms with van der Waals surface area (Å²) in [7, 11) is 0. The van der Waals surface area contributed by atoms with Crippen molar-refractivity contribution in [1.82, 2.24) is 0 Å². The molecule has 0 aromatic heterocycles. The van der Waals surface area contributed by atoms with E-state index in [0.717, 1.165) is 26.2 Å². The van der Waals surface area contributed by atoms with E-state index in [-0.39, 0.29) is 0 Å². The molecule has 0 bridgehead atoms. The Labute approximate surface area is 227 Å². The first kappa shape index (κ1) is 28.8. The van der Waals surface area contributed by atoms with Crippen molar-refractivity contribution in [3.8, 4) is 0 Å². The van der Waals surface area contributed by atoms with Crippen molar-refractivity contribution in [2.45, 2.75) is 95.4 Å². The van der Waals surface area contributed by atoms with Crippen molar-refractivity contribution in [1.29, 1.82) is 0 Å². The molecule has 0 saturated heterocycles. The van der Waals surface area contributed by atoms with Gasteiger partial charge in [-0.2, -0.15) is 0 Å². The molecule has 3 aromatic carbocycles. The molecule has 0 saturated carbocycles. The summed E-state index contributed by atoms with van der Waals surface area (Å²) in [6, 6.07) is 11.0. The molecule has 0 heterocycles. The van der Waals surface area contributed by atoms with Crippen LogP contribution in [0.3, 0.4) is 0 Å². The van der Waals surface area contributed by atoms with E-state index in [1.54, 1.807) is 0 Å². The molecule has 0 N–H and O–H groups in total. The highest BCUT2D eigenvalue weighted by Crippen LogP contribution is 2.37. The van der Waals surface area contributed by atoms with Crippen LogP contribution in [0.4, 0.5) is 11.4 Å². The van der Waals surface area contributed by atoms with Crippen LogP contribution in [0.1, 0.15) is 87.4 Å². The maximum Gasteiger partial charge on any atom is 0.0903 e. The number of anilines is 2. The quantitative estimate of drug-likeness (QED) is 0.271. The van der Waals surface area contributed by atoms with Crippen LogP contribution < -0.4 is 9.80 Å². The van der Waals surface area contributed by atoms with Crippen molar-refractivity contribution in [2.24, 2.45) is 0 Å². The molecule has 2 nitrogen and oxygen atoms in total. The number of hydrogen-bond acceptors (Lipinski definition) is 2. The molecule has 0 aliphatic heterocycles. The minimum Gasteiger partial charge on any atom is -0.353 e. The molecule has 0 spiro atoms. The van der Waals surface area contributed by atoms with Gasteiger partial charge < -0.3 is 9.80 Å². The fourth-order valence-corrected chi connectivity index (χ4v) is 6.08. The molecular formula is C35H50N2. The van der Waals surface area contributed by atoms with E-state index in [1.807, 2.05) is 0 Å². The van der Waals surface area contributed by atoms with Gasteiger partial charge in [0.2, 0.25) is 0 Å². The molecule has 1 atom stereocenters. The van der Waals surface area contributed by atoms with E-state index in [4.69, 9.17) is 0 Å². The van der Waals surface area contributed by atoms with Crippen LogP contribution in [0.25, 0.3) is 0 Å². The lowest BCUT2D eigenvalue weighted by Crippen LogP contribution is -2.42. The molecular weight excluding hydrogens is 448 g/mol. The average molecular weight is 499 g/mol. The van der Waals surface area contributed by atoms with Gasteiger partial charge in [0.05, 0.1) is 6.67 Å². The lowest BCUT2D eigenvalue weighted by Gasteiger charge is -2.39. The molecule has 1 unspecified atom stereocenters. The summed E-state index contributed by atoms with van der Waals surface area (Å²) >= 11 is 0. The SMILES string of the molecule is CCCN(CN(CC(C)c1ccccc1)c1c(C)c(C)c(C)c(C)c1C)c1c(C)c(C)c(C)c(C)c1C. The number of nitrogens with zero attached hydrogens (tertiary/aromatic N) is 2. The van der Waals surface area contributed by atoms with E-state index in [1.165, 1.54) is 72.6 Å². The third-order valence-electron chi connectivity index (χ3n) is 9.25. The van der Waals surface area contributed by atoms with Gasteiger partial charge in [-0.25, -0.2) is 0 Å². The Morgan fingerprint density at radius 2 is 0.919 bits per heavy atom. The fraction of sp³-hybridized carbons (Fsp3) is 0.486. The first-order valence-electron chi connectivity index (χ1n) is 14.1. The van der Waals surface area contributed by atoms with E-state index >= 15 is 0 Å². The molecule has 37 heavy (non-hydrogen) atoms. The van der Waals surface area contributed by atoms with Gasteiger partial charge in [0.25, 0.3) is 0 Å². The van der Waals surface area contributed by atoms with Gasteiger partial charge in [-0.15, -0.1) is 0 Å². The van der Waals surface area contributed by atoms with Crippen LogP contribution in [0.5, 0.6) is 0 Å². The predicted octanol–water partition coefficient (Wildman–Crippen LogP) is 9.26. The van der Waals surface area contributed by atoms with Crippen molar-refractivity contribution < 1.29 is 0 Å². The van der Waals surface area contributed by atoms with Gasteiger partial charge in [-0.05, 0) is 143 Å². The third-order valence-corrected chi connectivity index (χ3v) is 9.25. The molecule has 0 aliphatic carbocycles. The zero-order valence-electron chi connectivity index (χ0n) is 25.7. The topological polar surface area (TPSA) is 6.48 Å². The highest BCUT2D eigenvalue weighted by atomic mass is 15.3. The number of benzene rings is 3. The van der Waals surface area contributed by atoms with Crippen molar-refractivity contribution >= 4 is 11.4 Å². The second kappa shape index (κ2) is 11.8. The largest absolute Gasteiger partial charge is 0.353 e. The van der Waals surface area contributed by atoms with Crippen LogP contribution in [0, 0.1) is 69.2 Å². The van der Waals surface area contributed by atoms with Crippen molar-refractivity contribution in [2.75, 3.05) is 29.6 Å². The summed E-state index contributed by atoms with van der Waals surface area (Å²) in [5, 5.41) is 0. The summed E-state index contributed by atoms with van der Waals surface area (Å²) in [5.41, 5.74) is 18.5. The predicted molar refractivity (Wildman–Crippen MR) is 165 cm³/mol. The molecule has 200 valence electrons. The van der Waals surface area contributed by atoms with Gasteiger partial charge in [0.15, 0.2) is 0 Å². The standard InChI is InChI=1S/C35H50N2/c1-13-19-36(34-29(9)25(5)23(3)26(6)30(34)10)21-37(20-22(2)33-17-15-14-16-18-33)35-31(11)27(7)24(4)28(8)32(35)12/h14-18,22H,13,19-21H2,1-12H3. The van der Waals surface area contributed by atoms with Crippen molar-refractivity contribution in [3.63, 3.8) is 0 Å². The maximum atomic E-state index is 2.68. The Morgan fingerprint density at radius 3 is 1.32 bits per heavy atom. The lowest BCUT2D eigenvalue weighted by molar-refractivity contribution is 0.650. The maximum absolute atomic E-state index is 2.68. The van der Waals surface area contributed by atoms with Gasteiger partial charge >= 0.3 is 0 Å². The smallest absolute Gasteiger partial charge is 0.0903 e. The first-order chi connectivity index (χ1) is 17.4. The number of rotatable bonds is 9. The summed E-state index contributed by atoms with van der Waals surface area (Å²) in [6.07, 6.45) is 1.12. The summed E-state index contributed by atoms with van der Waals surface area (Å²) in [4.78, 5) is 5.34. The fourth-order valence-electron chi connectivity index (χ4n) is 6.08. The zero-order chi connectivity index (χ0) is 27.6. The Balaban J connectivity index is 2.19. The molecule has 2 heteroatoms. The molecule has 3 rings (SSSR count). The summed E-state index contributed by atoms with van der Waals surface area (Å²) < 4.78 is 0. The van der Waals surface area contributed by atoms with E-state index in [0.29, 0.717) is 5.92 Å².